The first-order valence-corrected chi connectivity index (χ1v) is 7.44. The zero-order valence-electron chi connectivity index (χ0n) is 10.8. The van der Waals surface area contributed by atoms with E-state index in [9.17, 15) is 8.42 Å². The van der Waals surface area contributed by atoms with E-state index in [2.05, 4.69) is 13.2 Å². The van der Waals surface area contributed by atoms with Crippen molar-refractivity contribution in [1.82, 2.24) is 4.31 Å². The van der Waals surface area contributed by atoms with Crippen molar-refractivity contribution in [3.8, 4) is 0 Å². The van der Waals surface area contributed by atoms with E-state index in [0.717, 1.165) is 5.56 Å². The quantitative estimate of drug-likeness (QED) is 0.649. The summed E-state index contributed by atoms with van der Waals surface area (Å²) in [7, 11) is -3.72. The van der Waals surface area contributed by atoms with Crippen LogP contribution in [0.1, 0.15) is 5.56 Å². The SMILES string of the molecule is C=CCN(CC=C)S(=O)(=O)c1cc(N)c(C)cc1Cl. The fraction of sp³-hybridized carbons (Fsp3) is 0.231. The van der Waals surface area contributed by atoms with E-state index in [1.165, 1.54) is 22.5 Å². The van der Waals surface area contributed by atoms with Crippen LogP contribution in [0.5, 0.6) is 0 Å². The van der Waals surface area contributed by atoms with Crippen LogP contribution in [0.3, 0.4) is 0 Å². The molecule has 0 amide bonds. The Morgan fingerprint density at radius 1 is 1.32 bits per heavy atom. The Balaban J connectivity index is 3.36. The molecule has 104 valence electrons. The molecule has 0 heterocycles. The van der Waals surface area contributed by atoms with Crippen LogP contribution in [0.2, 0.25) is 5.02 Å². The molecule has 1 aromatic rings. The van der Waals surface area contributed by atoms with Crippen LogP contribution in [-0.2, 0) is 10.0 Å². The zero-order valence-corrected chi connectivity index (χ0v) is 12.3. The van der Waals surface area contributed by atoms with Crippen LogP contribution in [0.15, 0.2) is 42.3 Å². The summed E-state index contributed by atoms with van der Waals surface area (Å²) in [6.45, 7) is 9.22. The Labute approximate surface area is 119 Å². The number of nitrogens with two attached hydrogens (primary N) is 1. The number of halogens is 1. The molecule has 0 saturated heterocycles. The highest BCUT2D eigenvalue weighted by Crippen LogP contribution is 2.29. The fourth-order valence-corrected chi connectivity index (χ4v) is 3.54. The number of nitrogens with zero attached hydrogens (tertiary/aromatic N) is 1. The molecule has 0 aromatic heterocycles. The molecule has 0 aliphatic carbocycles. The van der Waals surface area contributed by atoms with Gasteiger partial charge in [-0.2, -0.15) is 4.31 Å². The van der Waals surface area contributed by atoms with E-state index < -0.39 is 10.0 Å². The molecule has 4 nitrogen and oxygen atoms in total. The van der Waals surface area contributed by atoms with Gasteiger partial charge in [-0.05, 0) is 24.6 Å². The molecular formula is C13H17ClN2O2S. The van der Waals surface area contributed by atoms with Gasteiger partial charge in [-0.25, -0.2) is 8.42 Å². The summed E-state index contributed by atoms with van der Waals surface area (Å²) in [5.74, 6) is 0. The maximum absolute atomic E-state index is 12.5. The van der Waals surface area contributed by atoms with E-state index >= 15 is 0 Å². The summed E-state index contributed by atoms with van der Waals surface area (Å²) in [5, 5.41) is 0.157. The highest BCUT2D eigenvalue weighted by atomic mass is 35.5. The average molecular weight is 301 g/mol. The van der Waals surface area contributed by atoms with Crippen LogP contribution >= 0.6 is 11.6 Å². The van der Waals surface area contributed by atoms with Gasteiger partial charge in [-0.15, -0.1) is 13.2 Å². The molecule has 6 heteroatoms. The number of hydrogen-bond donors (Lipinski definition) is 1. The van der Waals surface area contributed by atoms with Crippen LogP contribution in [-0.4, -0.2) is 25.8 Å². The van der Waals surface area contributed by atoms with Crippen molar-refractivity contribution in [2.45, 2.75) is 11.8 Å². The van der Waals surface area contributed by atoms with Gasteiger partial charge in [-0.1, -0.05) is 23.8 Å². The standard InChI is InChI=1S/C13H17ClN2O2S/c1-4-6-16(7-5-2)19(17,18)13-9-12(15)10(3)8-11(13)14/h4-5,8-9H,1-2,6-7,15H2,3H3. The summed E-state index contributed by atoms with van der Waals surface area (Å²) >= 11 is 6.02. The maximum atomic E-state index is 12.5. The van der Waals surface area contributed by atoms with Crippen molar-refractivity contribution in [1.29, 1.82) is 0 Å². The van der Waals surface area contributed by atoms with Gasteiger partial charge in [0.05, 0.1) is 5.02 Å². The zero-order chi connectivity index (χ0) is 14.6. The topological polar surface area (TPSA) is 63.4 Å². The first-order valence-electron chi connectivity index (χ1n) is 5.62. The van der Waals surface area contributed by atoms with Gasteiger partial charge in [-0.3, -0.25) is 0 Å². The van der Waals surface area contributed by atoms with E-state index in [1.54, 1.807) is 13.0 Å². The lowest BCUT2D eigenvalue weighted by atomic mass is 10.2. The number of nitrogen functional groups attached to an aromatic ring is 1. The lowest BCUT2D eigenvalue weighted by Crippen LogP contribution is -2.31. The Morgan fingerprint density at radius 3 is 2.32 bits per heavy atom. The van der Waals surface area contributed by atoms with Crippen LogP contribution in [0.4, 0.5) is 5.69 Å². The summed E-state index contributed by atoms with van der Waals surface area (Å²) in [6.07, 6.45) is 3.01. The predicted octanol–water partition coefficient (Wildman–Crippen LogP) is 2.59. The van der Waals surface area contributed by atoms with Gasteiger partial charge < -0.3 is 5.73 Å². The number of rotatable bonds is 6. The number of anilines is 1. The number of sulfonamides is 1. The Hall–Kier alpha value is -1.30. The lowest BCUT2D eigenvalue weighted by molar-refractivity contribution is 0.474. The third-order valence-corrected chi connectivity index (χ3v) is 4.90. The van der Waals surface area contributed by atoms with Crippen molar-refractivity contribution in [2.24, 2.45) is 0 Å². The molecule has 0 unspecified atom stereocenters. The molecule has 2 N–H and O–H groups in total. The van der Waals surface area contributed by atoms with E-state index in [0.29, 0.717) is 5.69 Å². The minimum absolute atomic E-state index is 0.000895. The molecular weight excluding hydrogens is 284 g/mol. The Morgan fingerprint density at radius 2 is 1.84 bits per heavy atom. The molecule has 0 saturated carbocycles. The van der Waals surface area contributed by atoms with Gasteiger partial charge in [0.2, 0.25) is 10.0 Å². The van der Waals surface area contributed by atoms with E-state index in [-0.39, 0.29) is 23.0 Å². The van der Waals surface area contributed by atoms with E-state index in [4.69, 9.17) is 17.3 Å². The fourth-order valence-electron chi connectivity index (χ4n) is 1.56. The second kappa shape index (κ2) is 6.23. The van der Waals surface area contributed by atoms with Crippen molar-refractivity contribution < 1.29 is 8.42 Å². The van der Waals surface area contributed by atoms with E-state index in [1.807, 2.05) is 0 Å². The van der Waals surface area contributed by atoms with Gasteiger partial charge in [0.25, 0.3) is 0 Å². The molecule has 0 spiro atoms. The largest absolute Gasteiger partial charge is 0.398 e. The van der Waals surface area contributed by atoms with Crippen molar-refractivity contribution in [3.63, 3.8) is 0 Å². The van der Waals surface area contributed by atoms with Gasteiger partial charge >= 0.3 is 0 Å². The molecule has 0 aliphatic heterocycles. The molecule has 0 atom stereocenters. The summed E-state index contributed by atoms with van der Waals surface area (Å²) < 4.78 is 26.2. The highest BCUT2D eigenvalue weighted by Gasteiger charge is 2.25. The molecule has 0 aliphatic rings. The van der Waals surface area contributed by atoms with Crippen LogP contribution < -0.4 is 5.73 Å². The normalized spacial score (nSPS) is 11.5. The third-order valence-electron chi connectivity index (χ3n) is 2.60. The molecule has 0 bridgehead atoms. The average Bonchev–Trinajstić information content (AvgIpc) is 2.33. The summed E-state index contributed by atoms with van der Waals surface area (Å²) in [6, 6.07) is 2.93. The second-order valence-corrected chi connectivity index (χ2v) is 6.35. The minimum Gasteiger partial charge on any atom is -0.398 e. The van der Waals surface area contributed by atoms with Gasteiger partial charge in [0, 0.05) is 18.8 Å². The first-order chi connectivity index (χ1) is 8.84. The smallest absolute Gasteiger partial charge is 0.245 e. The van der Waals surface area contributed by atoms with Crippen LogP contribution in [0.25, 0.3) is 0 Å². The summed E-state index contributed by atoms with van der Waals surface area (Å²) in [5.41, 5.74) is 6.88. The number of hydrogen-bond acceptors (Lipinski definition) is 3. The second-order valence-electron chi connectivity index (χ2n) is 4.04. The maximum Gasteiger partial charge on any atom is 0.245 e. The van der Waals surface area contributed by atoms with Gasteiger partial charge in [0.15, 0.2) is 0 Å². The monoisotopic (exact) mass is 300 g/mol. The number of benzene rings is 1. The highest BCUT2D eigenvalue weighted by molar-refractivity contribution is 7.89. The Bertz CT molecular complexity index is 587. The van der Waals surface area contributed by atoms with Crippen molar-refractivity contribution >= 4 is 27.3 Å². The van der Waals surface area contributed by atoms with Gasteiger partial charge in [0.1, 0.15) is 4.90 Å². The molecule has 0 radical (unpaired) electrons. The van der Waals surface area contributed by atoms with Crippen molar-refractivity contribution in [2.75, 3.05) is 18.8 Å². The van der Waals surface area contributed by atoms with Crippen molar-refractivity contribution in [3.05, 3.63) is 48.0 Å². The first kappa shape index (κ1) is 15.8. The predicted molar refractivity (Wildman–Crippen MR) is 79.8 cm³/mol. The number of aryl methyl sites for hydroxylation is 1. The third kappa shape index (κ3) is 3.37. The molecule has 0 fully saturated rings. The molecule has 1 aromatic carbocycles. The molecule has 1 rings (SSSR count). The summed E-state index contributed by atoms with van der Waals surface area (Å²) in [4.78, 5) is 0.000895. The van der Waals surface area contributed by atoms with Crippen LogP contribution in [0, 0.1) is 6.92 Å². The lowest BCUT2D eigenvalue weighted by Gasteiger charge is -2.20. The Kier molecular flexibility index (Phi) is 5.17. The molecule has 19 heavy (non-hydrogen) atoms. The minimum atomic E-state index is -3.72.